The second-order valence-corrected chi connectivity index (χ2v) is 3.86. The summed E-state index contributed by atoms with van der Waals surface area (Å²) in [5, 5.41) is 34.2. The maximum Gasteiger partial charge on any atom is 0.216 e. The molecule has 1 heterocycles. The van der Waals surface area contributed by atoms with Crippen LogP contribution < -0.4 is 5.32 Å². The zero-order valence-corrected chi connectivity index (χ0v) is 10.3. The Labute approximate surface area is 109 Å². The molecule has 0 aliphatic rings. The summed E-state index contributed by atoms with van der Waals surface area (Å²) < 4.78 is 0. The summed E-state index contributed by atoms with van der Waals surface area (Å²) in [7, 11) is 0. The first-order valence-corrected chi connectivity index (χ1v) is 5.55. The zero-order chi connectivity index (χ0) is 13.7. The lowest BCUT2D eigenvalue weighted by atomic mass is 10.1. The number of nitrogens with zero attached hydrogens (tertiary/aromatic N) is 4. The van der Waals surface area contributed by atoms with Crippen molar-refractivity contribution in [2.75, 3.05) is 5.32 Å². The lowest BCUT2D eigenvalue weighted by Gasteiger charge is -2.07. The first-order chi connectivity index (χ1) is 9.24. The van der Waals surface area contributed by atoms with Crippen molar-refractivity contribution < 1.29 is 5.11 Å². The quantitative estimate of drug-likeness (QED) is 0.703. The van der Waals surface area contributed by atoms with Gasteiger partial charge in [0.25, 0.3) is 0 Å². The highest BCUT2D eigenvalue weighted by molar-refractivity contribution is 5.74. The molecule has 0 bridgehead atoms. The number of rotatable bonds is 4. The summed E-state index contributed by atoms with van der Waals surface area (Å²) in [4.78, 5) is 0. The molecule has 7 heteroatoms. The van der Waals surface area contributed by atoms with E-state index in [4.69, 9.17) is 10.4 Å². The third-order valence-electron chi connectivity index (χ3n) is 2.55. The molecule has 0 aliphatic heterocycles. The van der Waals surface area contributed by atoms with Crippen LogP contribution in [0.2, 0.25) is 0 Å². The zero-order valence-electron chi connectivity index (χ0n) is 10.3. The Hall–Kier alpha value is -2.72. The number of aromatic amines is 1. The molecule has 2 aromatic rings. The Balaban J connectivity index is 2.20. The molecule has 2 rings (SSSR count). The molecule has 0 aliphatic carbocycles. The molecule has 0 unspecified atom stereocenters. The van der Waals surface area contributed by atoms with E-state index in [1.165, 1.54) is 6.20 Å². The Morgan fingerprint density at radius 2 is 2.42 bits per heavy atom. The summed E-state index contributed by atoms with van der Waals surface area (Å²) >= 11 is 0. The number of nitriles is 1. The van der Waals surface area contributed by atoms with Gasteiger partial charge in [-0.25, -0.2) is 0 Å². The predicted molar refractivity (Wildman–Crippen MR) is 68.5 cm³/mol. The molecule has 1 aromatic heterocycles. The van der Waals surface area contributed by atoms with Gasteiger partial charge in [-0.3, -0.25) is 0 Å². The van der Waals surface area contributed by atoms with Crippen molar-refractivity contribution >= 4 is 11.3 Å². The first kappa shape index (κ1) is 12.7. The number of allylic oxidation sites excluding steroid dienone is 1. The van der Waals surface area contributed by atoms with E-state index in [0.717, 1.165) is 16.8 Å². The molecule has 96 valence electrons. The molecule has 1 aromatic carbocycles. The number of hydrogen-bond donors (Lipinski definition) is 3. The SMILES string of the molecule is Cc1cc(CO)ccc1NC=C(C#N)c1nn[nH]n1. The number of aliphatic hydroxyl groups excluding tert-OH is 1. The van der Waals surface area contributed by atoms with Crippen LogP contribution >= 0.6 is 0 Å². The van der Waals surface area contributed by atoms with E-state index in [1.807, 2.05) is 31.2 Å². The molecule has 0 saturated carbocycles. The number of nitrogens with one attached hydrogen (secondary N) is 2. The Morgan fingerprint density at radius 3 is 3.00 bits per heavy atom. The van der Waals surface area contributed by atoms with Gasteiger partial charge in [0.1, 0.15) is 11.6 Å². The third-order valence-corrected chi connectivity index (χ3v) is 2.55. The largest absolute Gasteiger partial charge is 0.392 e. The molecule has 0 saturated heterocycles. The summed E-state index contributed by atoms with van der Waals surface area (Å²) in [5.41, 5.74) is 2.92. The molecule has 0 radical (unpaired) electrons. The molecule has 0 atom stereocenters. The number of anilines is 1. The lowest BCUT2D eigenvalue weighted by molar-refractivity contribution is 0.282. The van der Waals surface area contributed by atoms with E-state index >= 15 is 0 Å². The van der Waals surface area contributed by atoms with Gasteiger partial charge in [0, 0.05) is 11.9 Å². The number of aliphatic hydroxyl groups is 1. The predicted octanol–water partition coefficient (Wildman–Crippen LogP) is 0.977. The fourth-order valence-corrected chi connectivity index (χ4v) is 1.56. The molecular weight excluding hydrogens is 244 g/mol. The van der Waals surface area contributed by atoms with Gasteiger partial charge in [0.2, 0.25) is 5.82 Å². The Bertz CT molecular complexity index is 626. The summed E-state index contributed by atoms with van der Waals surface area (Å²) in [5.74, 6) is 0.236. The molecule has 0 fully saturated rings. The van der Waals surface area contributed by atoms with E-state index < -0.39 is 0 Å². The normalized spacial score (nSPS) is 11.1. The number of H-pyrrole nitrogens is 1. The monoisotopic (exact) mass is 256 g/mol. The standard InChI is InChI=1S/C12H12N6O/c1-8-4-9(7-19)2-3-11(8)14-6-10(5-13)12-15-17-18-16-12/h2-4,6,14,19H,7H2,1H3,(H,15,16,17,18). The van der Waals surface area contributed by atoms with E-state index in [9.17, 15) is 0 Å². The average molecular weight is 256 g/mol. The minimum Gasteiger partial charge on any atom is -0.392 e. The highest BCUT2D eigenvalue weighted by Crippen LogP contribution is 2.17. The molecule has 0 amide bonds. The summed E-state index contributed by atoms with van der Waals surface area (Å²) in [6, 6.07) is 7.51. The number of aryl methyl sites for hydroxylation is 1. The van der Waals surface area contributed by atoms with Crippen molar-refractivity contribution in [3.8, 4) is 6.07 Å². The second-order valence-electron chi connectivity index (χ2n) is 3.86. The Morgan fingerprint density at radius 1 is 1.58 bits per heavy atom. The first-order valence-electron chi connectivity index (χ1n) is 5.55. The second kappa shape index (κ2) is 5.75. The van der Waals surface area contributed by atoms with Crippen molar-refractivity contribution in [2.45, 2.75) is 13.5 Å². The fourth-order valence-electron chi connectivity index (χ4n) is 1.56. The van der Waals surface area contributed by atoms with E-state index in [-0.39, 0.29) is 18.0 Å². The van der Waals surface area contributed by atoms with Gasteiger partial charge >= 0.3 is 0 Å². The highest BCUT2D eigenvalue weighted by Gasteiger charge is 2.05. The van der Waals surface area contributed by atoms with E-state index in [0.29, 0.717) is 0 Å². The highest BCUT2D eigenvalue weighted by atomic mass is 16.3. The minimum atomic E-state index is 0.00324. The van der Waals surface area contributed by atoms with Crippen LogP contribution in [-0.4, -0.2) is 25.7 Å². The van der Waals surface area contributed by atoms with Crippen LogP contribution in [0.25, 0.3) is 5.57 Å². The summed E-state index contributed by atoms with van der Waals surface area (Å²) in [6.07, 6.45) is 1.52. The van der Waals surface area contributed by atoms with Crippen LogP contribution in [-0.2, 0) is 6.61 Å². The third kappa shape index (κ3) is 2.94. The fraction of sp³-hybridized carbons (Fsp3) is 0.167. The van der Waals surface area contributed by atoms with Crippen LogP contribution in [0.3, 0.4) is 0 Å². The van der Waals surface area contributed by atoms with Crippen LogP contribution in [0, 0.1) is 18.3 Å². The van der Waals surface area contributed by atoms with Crippen molar-refractivity contribution in [3.63, 3.8) is 0 Å². The van der Waals surface area contributed by atoms with Gasteiger partial charge in [-0.2, -0.15) is 10.5 Å². The van der Waals surface area contributed by atoms with Crippen LogP contribution in [0.15, 0.2) is 24.4 Å². The van der Waals surface area contributed by atoms with E-state index in [2.05, 4.69) is 25.9 Å². The van der Waals surface area contributed by atoms with Gasteiger partial charge in [0.05, 0.1) is 6.61 Å². The smallest absolute Gasteiger partial charge is 0.216 e. The molecular formula is C12H12N6O. The van der Waals surface area contributed by atoms with Crippen LogP contribution in [0.5, 0.6) is 0 Å². The maximum absolute atomic E-state index is 9.03. The van der Waals surface area contributed by atoms with Gasteiger partial charge in [-0.1, -0.05) is 12.1 Å². The van der Waals surface area contributed by atoms with Crippen molar-refractivity contribution in [2.24, 2.45) is 0 Å². The van der Waals surface area contributed by atoms with Gasteiger partial charge in [-0.05, 0) is 29.3 Å². The van der Waals surface area contributed by atoms with Crippen molar-refractivity contribution in [1.29, 1.82) is 5.26 Å². The van der Waals surface area contributed by atoms with Crippen molar-refractivity contribution in [3.05, 3.63) is 41.4 Å². The topological polar surface area (TPSA) is 111 Å². The number of hydrogen-bond acceptors (Lipinski definition) is 6. The van der Waals surface area contributed by atoms with Crippen LogP contribution in [0.1, 0.15) is 17.0 Å². The molecule has 19 heavy (non-hydrogen) atoms. The number of benzene rings is 1. The average Bonchev–Trinajstić information content (AvgIpc) is 2.95. The molecule has 0 spiro atoms. The Kier molecular flexibility index (Phi) is 3.85. The lowest BCUT2D eigenvalue weighted by Crippen LogP contribution is -1.96. The number of aromatic nitrogens is 4. The molecule has 3 N–H and O–H groups in total. The van der Waals surface area contributed by atoms with Gasteiger partial charge < -0.3 is 10.4 Å². The van der Waals surface area contributed by atoms with Gasteiger partial charge in [-0.15, -0.1) is 10.2 Å². The van der Waals surface area contributed by atoms with E-state index in [1.54, 1.807) is 0 Å². The maximum atomic E-state index is 9.03. The minimum absolute atomic E-state index is 0.00324. The summed E-state index contributed by atoms with van der Waals surface area (Å²) in [6.45, 7) is 1.92. The number of tetrazole rings is 1. The van der Waals surface area contributed by atoms with Crippen LogP contribution in [0.4, 0.5) is 5.69 Å². The molecule has 7 nitrogen and oxygen atoms in total. The van der Waals surface area contributed by atoms with Crippen molar-refractivity contribution in [1.82, 2.24) is 20.6 Å². The van der Waals surface area contributed by atoms with Gasteiger partial charge in [0.15, 0.2) is 0 Å².